The van der Waals surface area contributed by atoms with E-state index < -0.39 is 11.9 Å². The number of thioether (sulfide) groups is 1. The summed E-state index contributed by atoms with van der Waals surface area (Å²) in [5.74, 6) is 3.03. The van der Waals surface area contributed by atoms with Gasteiger partial charge in [0.15, 0.2) is 0 Å². The van der Waals surface area contributed by atoms with Gasteiger partial charge in [0.25, 0.3) is 0 Å². The Kier molecular flexibility index (Phi) is 4.32. The molecular weight excluding hydrogens is 333 g/mol. The van der Waals surface area contributed by atoms with Crippen molar-refractivity contribution in [2.45, 2.75) is 50.2 Å². The molecule has 0 aromatic carbocycles. The Morgan fingerprint density at radius 3 is 2.38 bits per heavy atom. The van der Waals surface area contributed by atoms with Gasteiger partial charge in [-0.15, -0.1) is 0 Å². The molecule has 0 radical (unpaired) electrons. The first-order valence-corrected chi connectivity index (χ1v) is 9.96. The third-order valence-corrected chi connectivity index (χ3v) is 7.68. The fourth-order valence-corrected chi connectivity index (χ4v) is 5.75. The number of rotatable bonds is 2. The van der Waals surface area contributed by atoms with E-state index in [1.807, 2.05) is 0 Å². The van der Waals surface area contributed by atoms with Crippen molar-refractivity contribution in [2.24, 2.45) is 5.41 Å². The van der Waals surface area contributed by atoms with Crippen molar-refractivity contribution in [2.75, 3.05) is 24.6 Å². The summed E-state index contributed by atoms with van der Waals surface area (Å²) < 4.78 is 37.8. The van der Waals surface area contributed by atoms with E-state index in [0.717, 1.165) is 37.3 Å². The molecule has 3 fully saturated rings. The molecule has 6 heteroatoms. The summed E-state index contributed by atoms with van der Waals surface area (Å²) in [7, 11) is 0. The quantitative estimate of drug-likeness (QED) is 0.772. The fraction of sp³-hybridized carbons (Fsp3) is 0.722. The number of pyridine rings is 1. The van der Waals surface area contributed by atoms with E-state index in [9.17, 15) is 13.2 Å². The molecule has 132 valence electrons. The van der Waals surface area contributed by atoms with Gasteiger partial charge in [0.05, 0.1) is 0 Å². The Labute approximate surface area is 145 Å². The maximum absolute atomic E-state index is 12.6. The normalized spacial score (nSPS) is 30.5. The number of nitrogens with zero attached hydrogens (tertiary/aromatic N) is 2. The van der Waals surface area contributed by atoms with Crippen LogP contribution in [0.15, 0.2) is 18.3 Å². The van der Waals surface area contributed by atoms with E-state index in [2.05, 4.69) is 21.6 Å². The summed E-state index contributed by atoms with van der Waals surface area (Å²) in [6.07, 6.45) is 2.89. The second kappa shape index (κ2) is 6.20. The van der Waals surface area contributed by atoms with E-state index in [1.165, 1.54) is 37.2 Å². The molecule has 1 aliphatic carbocycles. The molecule has 0 amide bonds. The van der Waals surface area contributed by atoms with Crippen molar-refractivity contribution in [3.63, 3.8) is 0 Å². The van der Waals surface area contributed by atoms with Gasteiger partial charge in [0, 0.05) is 35.7 Å². The van der Waals surface area contributed by atoms with Gasteiger partial charge in [-0.2, -0.15) is 24.9 Å². The van der Waals surface area contributed by atoms with Crippen LogP contribution in [0.25, 0.3) is 0 Å². The van der Waals surface area contributed by atoms with Gasteiger partial charge < -0.3 is 0 Å². The van der Waals surface area contributed by atoms with E-state index in [1.54, 1.807) is 6.07 Å². The lowest BCUT2D eigenvalue weighted by Gasteiger charge is -2.40. The zero-order chi connectivity index (χ0) is 16.8. The number of hydrogen-bond acceptors (Lipinski definition) is 3. The van der Waals surface area contributed by atoms with E-state index in [4.69, 9.17) is 0 Å². The van der Waals surface area contributed by atoms with Crippen molar-refractivity contribution in [1.29, 1.82) is 0 Å². The highest BCUT2D eigenvalue weighted by atomic mass is 32.2. The maximum atomic E-state index is 12.6. The van der Waals surface area contributed by atoms with Crippen LogP contribution in [-0.2, 0) is 6.18 Å². The third-order valence-electron chi connectivity index (χ3n) is 6.05. The Morgan fingerprint density at radius 1 is 1.12 bits per heavy atom. The molecule has 0 atom stereocenters. The Balaban J connectivity index is 1.33. The van der Waals surface area contributed by atoms with Crippen LogP contribution in [0, 0.1) is 5.41 Å². The Morgan fingerprint density at radius 2 is 1.88 bits per heavy atom. The van der Waals surface area contributed by atoms with Crippen molar-refractivity contribution in [3.8, 4) is 0 Å². The largest absolute Gasteiger partial charge is 0.433 e. The fourth-order valence-electron chi connectivity index (χ4n) is 4.50. The lowest BCUT2D eigenvalue weighted by atomic mass is 9.81. The van der Waals surface area contributed by atoms with Crippen LogP contribution in [-0.4, -0.2) is 40.5 Å². The first-order chi connectivity index (χ1) is 11.5. The molecule has 0 unspecified atom stereocenters. The number of likely N-dealkylation sites (tertiary alicyclic amines) is 1. The maximum Gasteiger partial charge on any atom is 0.433 e. The van der Waals surface area contributed by atoms with Gasteiger partial charge in [-0.1, -0.05) is 6.07 Å². The molecule has 1 aromatic rings. The van der Waals surface area contributed by atoms with Crippen molar-refractivity contribution >= 4 is 11.8 Å². The standard InChI is InChI=1S/C18H23F3N2S/c19-18(20,21)16-6-3-14(9-22-16)13-1-4-15(5-2-13)23-8-7-17(10-23)11-24-12-17/h3,6,9,13,15H,1-2,4-5,7-8,10-12H2. The predicted octanol–water partition coefficient (Wildman–Crippen LogP) is 4.57. The lowest BCUT2D eigenvalue weighted by Crippen LogP contribution is -2.42. The number of aromatic nitrogens is 1. The number of hydrogen-bond donors (Lipinski definition) is 0. The lowest BCUT2D eigenvalue weighted by molar-refractivity contribution is -0.141. The minimum absolute atomic E-state index is 0.367. The molecule has 0 bridgehead atoms. The summed E-state index contributed by atoms with van der Waals surface area (Å²) in [5, 5.41) is 0. The molecule has 1 saturated carbocycles. The van der Waals surface area contributed by atoms with Gasteiger partial charge >= 0.3 is 6.18 Å². The van der Waals surface area contributed by atoms with Crippen LogP contribution >= 0.6 is 11.8 Å². The SMILES string of the molecule is FC(F)(F)c1ccc(C2CCC(N3CCC4(CSC4)C3)CC2)cn1. The number of halogens is 3. The molecule has 1 aromatic heterocycles. The molecule has 0 N–H and O–H groups in total. The summed E-state index contributed by atoms with van der Waals surface area (Å²) in [6.45, 7) is 2.49. The topological polar surface area (TPSA) is 16.1 Å². The van der Waals surface area contributed by atoms with E-state index in [0.29, 0.717) is 17.4 Å². The monoisotopic (exact) mass is 356 g/mol. The van der Waals surface area contributed by atoms with E-state index >= 15 is 0 Å². The summed E-state index contributed by atoms with van der Waals surface area (Å²) >= 11 is 2.07. The van der Waals surface area contributed by atoms with E-state index in [-0.39, 0.29) is 0 Å². The molecule has 2 saturated heterocycles. The highest BCUT2D eigenvalue weighted by molar-refractivity contribution is 8.00. The van der Waals surface area contributed by atoms with Gasteiger partial charge in [0.2, 0.25) is 0 Å². The molecule has 1 spiro atoms. The second-order valence-corrected chi connectivity index (χ2v) is 8.68. The summed E-state index contributed by atoms with van der Waals surface area (Å²) in [6, 6.07) is 3.42. The van der Waals surface area contributed by atoms with Crippen LogP contribution in [0.2, 0.25) is 0 Å². The van der Waals surface area contributed by atoms with Crippen LogP contribution in [0.4, 0.5) is 13.2 Å². The van der Waals surface area contributed by atoms with Crippen molar-refractivity contribution in [1.82, 2.24) is 9.88 Å². The molecule has 3 heterocycles. The van der Waals surface area contributed by atoms with Crippen LogP contribution < -0.4 is 0 Å². The highest BCUT2D eigenvalue weighted by Gasteiger charge is 2.45. The Bertz CT molecular complexity index is 575. The Hall–Kier alpha value is -0.750. The van der Waals surface area contributed by atoms with Crippen LogP contribution in [0.5, 0.6) is 0 Å². The average Bonchev–Trinajstić information content (AvgIpc) is 3.00. The molecule has 24 heavy (non-hydrogen) atoms. The molecule has 2 aliphatic heterocycles. The first-order valence-electron chi connectivity index (χ1n) is 8.80. The molecular formula is C18H23F3N2S. The van der Waals surface area contributed by atoms with Crippen LogP contribution in [0.1, 0.15) is 49.3 Å². The zero-order valence-corrected chi connectivity index (χ0v) is 14.5. The zero-order valence-electron chi connectivity index (χ0n) is 13.7. The van der Waals surface area contributed by atoms with Crippen molar-refractivity contribution < 1.29 is 13.2 Å². The van der Waals surface area contributed by atoms with Crippen LogP contribution in [0.3, 0.4) is 0 Å². The third kappa shape index (κ3) is 3.19. The molecule has 4 rings (SSSR count). The van der Waals surface area contributed by atoms with Gasteiger partial charge in [-0.25, -0.2) is 0 Å². The molecule has 3 aliphatic rings. The van der Waals surface area contributed by atoms with Gasteiger partial charge in [-0.3, -0.25) is 9.88 Å². The summed E-state index contributed by atoms with van der Waals surface area (Å²) in [4.78, 5) is 6.30. The smallest absolute Gasteiger partial charge is 0.300 e. The van der Waals surface area contributed by atoms with Gasteiger partial charge in [-0.05, 0) is 56.2 Å². The average molecular weight is 356 g/mol. The highest BCUT2D eigenvalue weighted by Crippen LogP contribution is 2.47. The minimum Gasteiger partial charge on any atom is -0.300 e. The summed E-state index contributed by atoms with van der Waals surface area (Å²) in [5.41, 5.74) is 0.786. The van der Waals surface area contributed by atoms with Gasteiger partial charge in [0.1, 0.15) is 5.69 Å². The predicted molar refractivity (Wildman–Crippen MR) is 90.2 cm³/mol. The molecule has 2 nitrogen and oxygen atoms in total. The first kappa shape index (κ1) is 16.7. The second-order valence-electron chi connectivity index (χ2n) is 7.69. The number of alkyl halides is 3. The van der Waals surface area contributed by atoms with Crippen molar-refractivity contribution in [3.05, 3.63) is 29.6 Å². The minimum atomic E-state index is -4.35.